The molecule has 0 saturated heterocycles. The first-order valence-corrected chi connectivity index (χ1v) is 7.39. The highest BCUT2D eigenvalue weighted by atomic mass is 35.5. The summed E-state index contributed by atoms with van der Waals surface area (Å²) < 4.78 is 1.75. The lowest BCUT2D eigenvalue weighted by Crippen LogP contribution is -2.38. The Balaban J connectivity index is 2.45. The Morgan fingerprint density at radius 1 is 1.58 bits per heavy atom. The molecule has 19 heavy (non-hydrogen) atoms. The van der Waals surface area contributed by atoms with E-state index >= 15 is 0 Å². The zero-order valence-corrected chi connectivity index (χ0v) is 12.7. The maximum absolute atomic E-state index is 12.2. The molecule has 0 aliphatic rings. The molecule has 0 spiro atoms. The van der Waals surface area contributed by atoms with Crippen LogP contribution in [0, 0.1) is 13.8 Å². The fourth-order valence-electron chi connectivity index (χ4n) is 2.13. The van der Waals surface area contributed by atoms with Gasteiger partial charge in [0.1, 0.15) is 12.0 Å². The monoisotopic (exact) mass is 297 g/mol. The number of rotatable bonds is 4. The minimum Gasteiger partial charge on any atom is -0.287 e. The van der Waals surface area contributed by atoms with Gasteiger partial charge in [-0.3, -0.25) is 9.69 Å². The summed E-state index contributed by atoms with van der Waals surface area (Å²) in [6, 6.07) is 1.84. The number of aromatic nitrogens is 2. The standard InChI is InChI=1S/C13H16ClN3OS/c1-9-8-19-10(2)13(9)17(12(18)7-14)11(3)16-6-4-5-15-16/h4-6,8,11H,7H2,1-3H3. The van der Waals surface area contributed by atoms with Crippen LogP contribution in [0.15, 0.2) is 23.8 Å². The second kappa shape index (κ2) is 5.75. The molecule has 0 aliphatic heterocycles. The molecular weight excluding hydrogens is 282 g/mol. The molecule has 6 heteroatoms. The number of anilines is 1. The smallest absolute Gasteiger partial charge is 0.243 e. The highest BCUT2D eigenvalue weighted by Crippen LogP contribution is 2.34. The van der Waals surface area contributed by atoms with Crippen LogP contribution in [0.5, 0.6) is 0 Å². The van der Waals surface area contributed by atoms with Crippen molar-refractivity contribution in [3.8, 4) is 0 Å². The van der Waals surface area contributed by atoms with Crippen LogP contribution in [-0.2, 0) is 4.79 Å². The minimum absolute atomic E-state index is 0.0413. The van der Waals surface area contributed by atoms with Gasteiger partial charge in [0, 0.05) is 17.3 Å². The van der Waals surface area contributed by atoms with Gasteiger partial charge in [0.2, 0.25) is 5.91 Å². The van der Waals surface area contributed by atoms with E-state index in [1.807, 2.05) is 33.0 Å². The third kappa shape index (κ3) is 2.67. The van der Waals surface area contributed by atoms with E-state index in [1.165, 1.54) is 0 Å². The SMILES string of the molecule is Cc1csc(C)c1N(C(=O)CCl)C(C)n1cccn1. The van der Waals surface area contributed by atoms with Crippen LogP contribution < -0.4 is 4.90 Å². The Hall–Kier alpha value is -1.33. The van der Waals surface area contributed by atoms with Crippen LogP contribution in [0.2, 0.25) is 0 Å². The summed E-state index contributed by atoms with van der Waals surface area (Å²) in [6.07, 6.45) is 3.34. The lowest BCUT2D eigenvalue weighted by Gasteiger charge is -2.29. The largest absolute Gasteiger partial charge is 0.287 e. The molecule has 2 aromatic rings. The third-order valence-corrected chi connectivity index (χ3v) is 4.27. The number of carbonyl (C=O) groups excluding carboxylic acids is 1. The molecule has 1 amide bonds. The van der Waals surface area contributed by atoms with E-state index in [2.05, 4.69) is 10.5 Å². The number of nitrogens with zero attached hydrogens (tertiary/aromatic N) is 3. The quantitative estimate of drug-likeness (QED) is 0.812. The van der Waals surface area contributed by atoms with Gasteiger partial charge in [-0.1, -0.05) is 0 Å². The molecule has 0 bridgehead atoms. The molecule has 2 heterocycles. The zero-order valence-electron chi connectivity index (χ0n) is 11.1. The zero-order chi connectivity index (χ0) is 14.0. The summed E-state index contributed by atoms with van der Waals surface area (Å²) in [5.41, 5.74) is 2.03. The van der Waals surface area contributed by atoms with Crippen LogP contribution in [0.3, 0.4) is 0 Å². The fourth-order valence-corrected chi connectivity index (χ4v) is 3.09. The van der Waals surface area contributed by atoms with Crippen molar-refractivity contribution in [2.75, 3.05) is 10.8 Å². The second-order valence-corrected chi connectivity index (χ2v) is 5.69. The average molecular weight is 298 g/mol. The Labute approximate surface area is 121 Å². The first kappa shape index (κ1) is 14.1. The van der Waals surface area contributed by atoms with E-state index in [4.69, 9.17) is 11.6 Å². The van der Waals surface area contributed by atoms with Gasteiger partial charge in [-0.05, 0) is 37.8 Å². The lowest BCUT2D eigenvalue weighted by molar-refractivity contribution is -0.117. The molecule has 2 aromatic heterocycles. The molecule has 1 atom stereocenters. The van der Waals surface area contributed by atoms with E-state index in [-0.39, 0.29) is 18.0 Å². The molecule has 102 valence electrons. The Kier molecular flexibility index (Phi) is 4.27. The fraction of sp³-hybridized carbons (Fsp3) is 0.385. The summed E-state index contributed by atoms with van der Waals surface area (Å²) in [7, 11) is 0. The predicted molar refractivity (Wildman–Crippen MR) is 78.9 cm³/mol. The number of hydrogen-bond donors (Lipinski definition) is 0. The maximum Gasteiger partial charge on any atom is 0.243 e. The average Bonchev–Trinajstić information content (AvgIpc) is 3.03. The van der Waals surface area contributed by atoms with E-state index in [0.29, 0.717) is 0 Å². The van der Waals surface area contributed by atoms with Crippen molar-refractivity contribution in [3.05, 3.63) is 34.3 Å². The third-order valence-electron chi connectivity index (χ3n) is 3.02. The second-order valence-electron chi connectivity index (χ2n) is 4.34. The van der Waals surface area contributed by atoms with Gasteiger partial charge >= 0.3 is 0 Å². The highest BCUT2D eigenvalue weighted by molar-refractivity contribution is 7.10. The van der Waals surface area contributed by atoms with E-state index in [1.54, 1.807) is 27.1 Å². The number of thiophene rings is 1. The minimum atomic E-state index is -0.201. The van der Waals surface area contributed by atoms with Crippen molar-refractivity contribution < 1.29 is 4.79 Å². The van der Waals surface area contributed by atoms with Crippen molar-refractivity contribution in [2.24, 2.45) is 0 Å². The molecule has 0 aliphatic carbocycles. The molecule has 0 aromatic carbocycles. The first-order chi connectivity index (χ1) is 9.06. The van der Waals surface area contributed by atoms with Crippen molar-refractivity contribution in [3.63, 3.8) is 0 Å². The Morgan fingerprint density at radius 2 is 2.32 bits per heavy atom. The molecule has 0 N–H and O–H groups in total. The van der Waals surface area contributed by atoms with Crippen LogP contribution in [0.4, 0.5) is 5.69 Å². The van der Waals surface area contributed by atoms with Crippen LogP contribution in [0.25, 0.3) is 0 Å². The molecule has 1 unspecified atom stereocenters. The molecule has 2 rings (SSSR count). The van der Waals surface area contributed by atoms with Gasteiger partial charge < -0.3 is 0 Å². The molecule has 0 radical (unpaired) electrons. The highest BCUT2D eigenvalue weighted by Gasteiger charge is 2.26. The van der Waals surface area contributed by atoms with E-state index in [0.717, 1.165) is 16.1 Å². The normalized spacial score (nSPS) is 12.4. The summed E-state index contributed by atoms with van der Waals surface area (Å²) in [6.45, 7) is 5.95. The summed E-state index contributed by atoms with van der Waals surface area (Å²) >= 11 is 7.39. The van der Waals surface area contributed by atoms with E-state index < -0.39 is 0 Å². The number of amides is 1. The van der Waals surface area contributed by atoms with Gasteiger partial charge in [0.05, 0.1) is 5.69 Å². The van der Waals surface area contributed by atoms with Gasteiger partial charge in [0.15, 0.2) is 0 Å². The Morgan fingerprint density at radius 3 is 2.79 bits per heavy atom. The summed E-state index contributed by atoms with van der Waals surface area (Å²) in [5, 5.41) is 6.26. The lowest BCUT2D eigenvalue weighted by atomic mass is 10.2. The number of carbonyl (C=O) groups is 1. The first-order valence-electron chi connectivity index (χ1n) is 5.98. The molecular formula is C13H16ClN3OS. The number of aryl methyl sites for hydroxylation is 2. The van der Waals surface area contributed by atoms with Crippen molar-refractivity contribution >= 4 is 34.5 Å². The van der Waals surface area contributed by atoms with Crippen LogP contribution >= 0.6 is 22.9 Å². The Bertz CT molecular complexity index is 545. The van der Waals surface area contributed by atoms with Crippen molar-refractivity contribution in [1.82, 2.24) is 9.78 Å². The van der Waals surface area contributed by atoms with Gasteiger partial charge in [-0.25, -0.2) is 4.68 Å². The molecule has 0 saturated carbocycles. The number of alkyl halides is 1. The van der Waals surface area contributed by atoms with Crippen molar-refractivity contribution in [2.45, 2.75) is 26.9 Å². The number of hydrogen-bond acceptors (Lipinski definition) is 3. The molecule has 0 fully saturated rings. The molecule has 4 nitrogen and oxygen atoms in total. The van der Waals surface area contributed by atoms with Crippen molar-refractivity contribution in [1.29, 1.82) is 0 Å². The topological polar surface area (TPSA) is 38.1 Å². The maximum atomic E-state index is 12.2. The van der Waals surface area contributed by atoms with E-state index in [9.17, 15) is 4.79 Å². The van der Waals surface area contributed by atoms with Gasteiger partial charge in [-0.15, -0.1) is 22.9 Å². The predicted octanol–water partition coefficient (Wildman–Crippen LogP) is 3.35. The van der Waals surface area contributed by atoms with Gasteiger partial charge in [0.25, 0.3) is 0 Å². The number of halogens is 1. The van der Waals surface area contributed by atoms with Crippen LogP contribution in [-0.4, -0.2) is 21.6 Å². The summed E-state index contributed by atoms with van der Waals surface area (Å²) in [4.78, 5) is 15.0. The van der Waals surface area contributed by atoms with Crippen LogP contribution in [0.1, 0.15) is 23.5 Å². The van der Waals surface area contributed by atoms with Gasteiger partial charge in [-0.2, -0.15) is 5.10 Å². The summed E-state index contributed by atoms with van der Waals surface area (Å²) in [5.74, 6) is -0.158.